The number of carbonyl (C=O) groups excluding carboxylic acids is 1. The number of nitrogens with one attached hydrogen (secondary N) is 1. The van der Waals surface area contributed by atoms with E-state index in [0.29, 0.717) is 29.5 Å². The molecule has 0 radical (unpaired) electrons. The summed E-state index contributed by atoms with van der Waals surface area (Å²) in [6.07, 6.45) is 4.00. The molecule has 2 N–H and O–H groups in total. The van der Waals surface area contributed by atoms with Gasteiger partial charge in [-0.3, -0.25) is 14.6 Å². The molecule has 3 aromatic rings. The fraction of sp³-hybridized carbons (Fsp3) is 0.258. The molecule has 1 heterocycles. The Bertz CT molecular complexity index is 1440. The lowest BCUT2D eigenvalue weighted by Crippen LogP contribution is -2.23. The molecule has 0 atom stereocenters. The molecule has 1 aliphatic rings. The Kier molecular flexibility index (Phi) is 9.50. The van der Waals surface area contributed by atoms with Crippen molar-refractivity contribution in [3.05, 3.63) is 82.7 Å². The first-order chi connectivity index (χ1) is 19.3. The van der Waals surface area contributed by atoms with Gasteiger partial charge in [0.25, 0.3) is 0 Å². The van der Waals surface area contributed by atoms with Gasteiger partial charge in [0.1, 0.15) is 17.2 Å². The Morgan fingerprint density at radius 2 is 1.75 bits per heavy atom. The fourth-order valence-corrected chi connectivity index (χ4v) is 5.61. The van der Waals surface area contributed by atoms with Gasteiger partial charge in [-0.05, 0) is 82.8 Å². The minimum Gasteiger partial charge on any atom is -0.497 e. The second kappa shape index (κ2) is 13.2. The molecule has 4 rings (SSSR count). The number of amides is 1. The molecule has 1 aliphatic carbocycles. The summed E-state index contributed by atoms with van der Waals surface area (Å²) in [6.45, 7) is 2.38. The maximum atomic E-state index is 13.0. The third kappa shape index (κ3) is 6.66. The third-order valence-corrected chi connectivity index (χ3v) is 7.68. The first-order valence-corrected chi connectivity index (χ1v) is 13.7. The average molecular weight is 561 g/mol. The van der Waals surface area contributed by atoms with E-state index < -0.39 is 5.97 Å². The van der Waals surface area contributed by atoms with Crippen molar-refractivity contribution in [2.45, 2.75) is 31.2 Å². The number of rotatable bonds is 12. The summed E-state index contributed by atoms with van der Waals surface area (Å²) in [5, 5.41) is 12.0. The zero-order valence-corrected chi connectivity index (χ0v) is 23.8. The van der Waals surface area contributed by atoms with Crippen molar-refractivity contribution < 1.29 is 28.9 Å². The van der Waals surface area contributed by atoms with Gasteiger partial charge < -0.3 is 24.6 Å². The first kappa shape index (κ1) is 28.8. The van der Waals surface area contributed by atoms with Gasteiger partial charge in [0.05, 0.1) is 51.3 Å². The molecular weight excluding hydrogens is 528 g/mol. The van der Waals surface area contributed by atoms with Gasteiger partial charge in [-0.2, -0.15) is 0 Å². The van der Waals surface area contributed by atoms with Crippen LogP contribution in [-0.2, 0) is 16.1 Å². The zero-order chi connectivity index (χ0) is 28.6. The number of ether oxygens (including phenoxy) is 3. The van der Waals surface area contributed by atoms with Crippen molar-refractivity contribution in [1.29, 1.82) is 0 Å². The number of methoxy groups -OCH3 is 3. The van der Waals surface area contributed by atoms with E-state index in [1.807, 2.05) is 55.5 Å². The van der Waals surface area contributed by atoms with Crippen molar-refractivity contribution in [2.75, 3.05) is 27.1 Å². The SMILES string of the molecule is COc1ccc2c(c1)C(CC(=O)NCc1ccccn1)=C(C)C2=Cc1cc(OC)c(SCCC(=O)O)c(OC)c1. The van der Waals surface area contributed by atoms with Gasteiger partial charge in [0.2, 0.25) is 5.91 Å². The molecule has 0 unspecified atom stereocenters. The van der Waals surface area contributed by atoms with Crippen LogP contribution in [0.5, 0.6) is 17.2 Å². The van der Waals surface area contributed by atoms with Crippen LogP contribution in [0.3, 0.4) is 0 Å². The molecule has 0 saturated heterocycles. The van der Waals surface area contributed by atoms with E-state index in [2.05, 4.69) is 16.4 Å². The number of aromatic nitrogens is 1. The summed E-state index contributed by atoms with van der Waals surface area (Å²) in [5.41, 5.74) is 6.52. The summed E-state index contributed by atoms with van der Waals surface area (Å²) in [6, 6.07) is 15.3. The molecule has 0 fully saturated rings. The van der Waals surface area contributed by atoms with Crippen LogP contribution in [0.25, 0.3) is 17.2 Å². The van der Waals surface area contributed by atoms with E-state index in [-0.39, 0.29) is 18.7 Å². The van der Waals surface area contributed by atoms with E-state index in [1.165, 1.54) is 11.8 Å². The third-order valence-electron chi connectivity index (χ3n) is 6.59. The van der Waals surface area contributed by atoms with Gasteiger partial charge in [-0.15, -0.1) is 11.8 Å². The van der Waals surface area contributed by atoms with Crippen molar-refractivity contribution in [1.82, 2.24) is 10.3 Å². The van der Waals surface area contributed by atoms with Crippen LogP contribution in [0.2, 0.25) is 0 Å². The highest BCUT2D eigenvalue weighted by molar-refractivity contribution is 7.99. The summed E-state index contributed by atoms with van der Waals surface area (Å²) in [7, 11) is 4.78. The summed E-state index contributed by atoms with van der Waals surface area (Å²) < 4.78 is 16.8. The van der Waals surface area contributed by atoms with Gasteiger partial charge >= 0.3 is 5.97 Å². The van der Waals surface area contributed by atoms with Crippen molar-refractivity contribution in [2.24, 2.45) is 0 Å². The predicted molar refractivity (Wildman–Crippen MR) is 157 cm³/mol. The molecule has 208 valence electrons. The molecule has 1 amide bonds. The highest BCUT2D eigenvalue weighted by Gasteiger charge is 2.26. The lowest BCUT2D eigenvalue weighted by atomic mass is 10.00. The largest absolute Gasteiger partial charge is 0.497 e. The Labute approximate surface area is 238 Å². The normalized spacial score (nSPS) is 13.2. The molecule has 2 aromatic carbocycles. The van der Waals surface area contributed by atoms with Crippen molar-refractivity contribution >= 4 is 40.9 Å². The molecule has 0 saturated carbocycles. The lowest BCUT2D eigenvalue weighted by Gasteiger charge is -2.14. The number of hydrogen-bond donors (Lipinski definition) is 2. The van der Waals surface area contributed by atoms with Crippen LogP contribution in [0, 0.1) is 0 Å². The van der Waals surface area contributed by atoms with Gasteiger partial charge in [-0.1, -0.05) is 12.1 Å². The van der Waals surface area contributed by atoms with E-state index in [4.69, 9.17) is 19.3 Å². The quantitative estimate of drug-likeness (QED) is 0.271. The zero-order valence-electron chi connectivity index (χ0n) is 22.9. The van der Waals surface area contributed by atoms with Gasteiger partial charge in [-0.25, -0.2) is 0 Å². The number of hydrogen-bond acceptors (Lipinski definition) is 7. The molecule has 0 spiro atoms. The highest BCUT2D eigenvalue weighted by Crippen LogP contribution is 2.46. The number of carbonyl (C=O) groups is 2. The molecule has 40 heavy (non-hydrogen) atoms. The molecular formula is C31H32N2O6S. The Morgan fingerprint density at radius 3 is 2.38 bits per heavy atom. The topological polar surface area (TPSA) is 107 Å². The van der Waals surface area contributed by atoms with Crippen LogP contribution in [-0.4, -0.2) is 49.0 Å². The number of nitrogens with zero attached hydrogens (tertiary/aromatic N) is 1. The van der Waals surface area contributed by atoms with Crippen molar-refractivity contribution in [3.8, 4) is 17.2 Å². The lowest BCUT2D eigenvalue weighted by molar-refractivity contribution is -0.136. The summed E-state index contributed by atoms with van der Waals surface area (Å²) in [4.78, 5) is 29.0. The van der Waals surface area contributed by atoms with E-state index >= 15 is 0 Å². The van der Waals surface area contributed by atoms with Gasteiger partial charge in [0.15, 0.2) is 0 Å². The molecule has 0 aliphatic heterocycles. The van der Waals surface area contributed by atoms with E-state index in [9.17, 15) is 9.59 Å². The van der Waals surface area contributed by atoms with Crippen LogP contribution in [0.1, 0.15) is 42.1 Å². The van der Waals surface area contributed by atoms with E-state index in [0.717, 1.165) is 44.0 Å². The summed E-state index contributed by atoms with van der Waals surface area (Å²) >= 11 is 1.38. The second-order valence-electron chi connectivity index (χ2n) is 9.09. The number of thioether (sulfide) groups is 1. The standard InChI is InChI=1S/C31H32N2O6S/c1-19-24(13-20-14-27(38-3)31(28(15-20)39-4)40-12-10-30(35)36)23-9-8-22(37-2)16-26(23)25(19)17-29(34)33-18-21-7-5-6-11-32-21/h5-9,11,13-16H,10,12,17-18H2,1-4H3,(H,33,34)(H,35,36). The average Bonchev–Trinajstić information content (AvgIpc) is 3.21. The van der Waals surface area contributed by atoms with Gasteiger partial charge in [0, 0.05) is 11.9 Å². The highest BCUT2D eigenvalue weighted by atomic mass is 32.2. The Balaban J connectivity index is 1.68. The molecule has 9 heteroatoms. The van der Waals surface area contributed by atoms with Crippen LogP contribution >= 0.6 is 11.8 Å². The molecule has 0 bridgehead atoms. The minimum atomic E-state index is -0.855. The smallest absolute Gasteiger partial charge is 0.304 e. The maximum Gasteiger partial charge on any atom is 0.304 e. The molecule has 8 nitrogen and oxygen atoms in total. The van der Waals surface area contributed by atoms with Crippen LogP contribution in [0.4, 0.5) is 0 Å². The number of aliphatic carboxylic acids is 1. The Hall–Kier alpha value is -4.24. The minimum absolute atomic E-state index is 0.0330. The number of carboxylic acid groups (broad SMARTS) is 1. The van der Waals surface area contributed by atoms with Crippen LogP contribution < -0.4 is 19.5 Å². The second-order valence-corrected chi connectivity index (χ2v) is 10.2. The van der Waals surface area contributed by atoms with Crippen molar-refractivity contribution in [3.63, 3.8) is 0 Å². The van der Waals surface area contributed by atoms with Crippen LogP contribution in [0.15, 0.2) is 65.2 Å². The summed E-state index contributed by atoms with van der Waals surface area (Å²) in [5.74, 6) is 1.36. The number of carboxylic acids is 1. The number of pyridine rings is 1. The fourth-order valence-electron chi connectivity index (χ4n) is 4.56. The predicted octanol–water partition coefficient (Wildman–Crippen LogP) is 5.71. The number of allylic oxidation sites excluding steroid dienone is 2. The molecule has 1 aromatic heterocycles. The van der Waals surface area contributed by atoms with E-state index in [1.54, 1.807) is 27.5 Å². The monoisotopic (exact) mass is 560 g/mol. The first-order valence-electron chi connectivity index (χ1n) is 12.7. The number of fused-ring (bicyclic) bond motifs is 1. The maximum absolute atomic E-state index is 13.0. The number of benzene rings is 2. The Morgan fingerprint density at radius 1 is 1.00 bits per heavy atom.